The number of hydrogen-bond acceptors (Lipinski definition) is 6. The Hall–Kier alpha value is -1.40. The SMILES string of the molecule is OC1CN(c2nc([C@H]3CCOC3)cc(N3CCCCCCC3)n2)C1. The van der Waals surface area contributed by atoms with Gasteiger partial charge in [-0.25, -0.2) is 4.98 Å². The predicted octanol–water partition coefficient (Wildman–Crippen LogP) is 1.93. The standard InChI is InChI=1S/C18H28N4O2/c23-15-11-22(12-15)18-19-16(14-6-9-24-13-14)10-17(20-18)21-7-4-2-1-3-5-8-21/h10,14-15,23H,1-9,11-13H2/t14-/m0/s1. The van der Waals surface area contributed by atoms with Gasteiger partial charge in [0.1, 0.15) is 5.82 Å². The summed E-state index contributed by atoms with van der Waals surface area (Å²) in [7, 11) is 0. The van der Waals surface area contributed by atoms with Gasteiger partial charge in [-0.2, -0.15) is 4.98 Å². The molecule has 4 rings (SSSR count). The second-order valence-electron chi connectivity index (χ2n) is 7.33. The molecule has 0 aromatic carbocycles. The van der Waals surface area contributed by atoms with Gasteiger partial charge >= 0.3 is 0 Å². The number of aromatic nitrogens is 2. The number of aliphatic hydroxyl groups excluding tert-OH is 1. The largest absolute Gasteiger partial charge is 0.389 e. The van der Waals surface area contributed by atoms with Gasteiger partial charge in [-0.05, 0) is 19.3 Å². The molecule has 0 saturated carbocycles. The molecule has 1 aromatic rings. The third-order valence-electron chi connectivity index (χ3n) is 5.39. The minimum atomic E-state index is -0.239. The van der Waals surface area contributed by atoms with E-state index in [9.17, 15) is 5.11 Å². The van der Waals surface area contributed by atoms with Crippen LogP contribution in [-0.2, 0) is 4.74 Å². The molecular weight excluding hydrogens is 304 g/mol. The van der Waals surface area contributed by atoms with Gasteiger partial charge in [0.05, 0.1) is 18.4 Å². The Kier molecular flexibility index (Phi) is 4.85. The van der Waals surface area contributed by atoms with Crippen LogP contribution >= 0.6 is 0 Å². The van der Waals surface area contributed by atoms with Gasteiger partial charge in [0.15, 0.2) is 0 Å². The van der Waals surface area contributed by atoms with Crippen molar-refractivity contribution in [1.29, 1.82) is 0 Å². The van der Waals surface area contributed by atoms with Crippen LogP contribution in [0.15, 0.2) is 6.07 Å². The lowest BCUT2D eigenvalue weighted by molar-refractivity contribution is 0.140. The molecule has 3 aliphatic rings. The van der Waals surface area contributed by atoms with Crippen molar-refractivity contribution >= 4 is 11.8 Å². The molecule has 0 amide bonds. The van der Waals surface area contributed by atoms with Crippen molar-refractivity contribution in [1.82, 2.24) is 9.97 Å². The van der Waals surface area contributed by atoms with E-state index in [1.165, 1.54) is 32.1 Å². The minimum Gasteiger partial charge on any atom is -0.389 e. The first-order chi connectivity index (χ1) is 11.8. The molecular formula is C18H28N4O2. The van der Waals surface area contributed by atoms with E-state index in [0.717, 1.165) is 50.2 Å². The molecule has 0 radical (unpaired) electrons. The van der Waals surface area contributed by atoms with Gasteiger partial charge < -0.3 is 19.6 Å². The average Bonchev–Trinajstić information content (AvgIpc) is 3.05. The average molecular weight is 332 g/mol. The Morgan fingerprint density at radius 1 is 1.00 bits per heavy atom. The van der Waals surface area contributed by atoms with Crippen molar-refractivity contribution in [2.75, 3.05) is 49.2 Å². The van der Waals surface area contributed by atoms with E-state index in [-0.39, 0.29) is 6.10 Å². The first-order valence-electron chi connectivity index (χ1n) is 9.44. The van der Waals surface area contributed by atoms with E-state index >= 15 is 0 Å². The zero-order valence-corrected chi connectivity index (χ0v) is 14.4. The summed E-state index contributed by atoms with van der Waals surface area (Å²) in [6.07, 6.45) is 7.27. The molecule has 6 nitrogen and oxygen atoms in total. The van der Waals surface area contributed by atoms with Crippen molar-refractivity contribution in [2.24, 2.45) is 0 Å². The summed E-state index contributed by atoms with van der Waals surface area (Å²) in [5.41, 5.74) is 1.11. The smallest absolute Gasteiger partial charge is 0.227 e. The Balaban J connectivity index is 1.60. The Morgan fingerprint density at radius 3 is 2.42 bits per heavy atom. The molecule has 1 N–H and O–H groups in total. The van der Waals surface area contributed by atoms with E-state index in [0.29, 0.717) is 19.0 Å². The molecule has 1 atom stereocenters. The maximum Gasteiger partial charge on any atom is 0.227 e. The third kappa shape index (κ3) is 3.49. The summed E-state index contributed by atoms with van der Waals surface area (Å²) in [5.74, 6) is 2.22. The number of rotatable bonds is 3. The summed E-state index contributed by atoms with van der Waals surface area (Å²) in [4.78, 5) is 14.2. The monoisotopic (exact) mass is 332 g/mol. The highest BCUT2D eigenvalue weighted by atomic mass is 16.5. The van der Waals surface area contributed by atoms with Crippen LogP contribution in [0.5, 0.6) is 0 Å². The summed E-state index contributed by atoms with van der Waals surface area (Å²) < 4.78 is 5.56. The molecule has 1 aromatic heterocycles. The molecule has 3 aliphatic heterocycles. The van der Waals surface area contributed by atoms with E-state index in [2.05, 4.69) is 15.9 Å². The van der Waals surface area contributed by atoms with Crippen molar-refractivity contribution in [3.63, 3.8) is 0 Å². The van der Waals surface area contributed by atoms with Crippen molar-refractivity contribution in [3.05, 3.63) is 11.8 Å². The molecule has 0 unspecified atom stereocenters. The van der Waals surface area contributed by atoms with Crippen molar-refractivity contribution in [3.8, 4) is 0 Å². The summed E-state index contributed by atoms with van der Waals surface area (Å²) in [6, 6.07) is 2.18. The highest BCUT2D eigenvalue weighted by Crippen LogP contribution is 2.30. The van der Waals surface area contributed by atoms with E-state index < -0.39 is 0 Å². The minimum absolute atomic E-state index is 0.239. The van der Waals surface area contributed by atoms with E-state index in [1.807, 2.05) is 0 Å². The van der Waals surface area contributed by atoms with Crippen LogP contribution in [-0.4, -0.2) is 60.6 Å². The number of aliphatic hydroxyl groups is 1. The van der Waals surface area contributed by atoms with Gasteiger partial charge in [-0.1, -0.05) is 19.3 Å². The lowest BCUT2D eigenvalue weighted by atomic mass is 10.0. The molecule has 4 heterocycles. The van der Waals surface area contributed by atoms with Crippen LogP contribution in [0.25, 0.3) is 0 Å². The fourth-order valence-corrected chi connectivity index (χ4v) is 3.82. The van der Waals surface area contributed by atoms with Gasteiger partial charge in [0.25, 0.3) is 0 Å². The summed E-state index contributed by atoms with van der Waals surface area (Å²) in [6.45, 7) is 5.04. The Morgan fingerprint density at radius 2 is 1.75 bits per heavy atom. The lowest BCUT2D eigenvalue weighted by Gasteiger charge is -2.37. The number of nitrogens with zero attached hydrogens (tertiary/aromatic N) is 4. The van der Waals surface area contributed by atoms with Gasteiger partial charge in [-0.3, -0.25) is 0 Å². The van der Waals surface area contributed by atoms with Crippen LogP contribution in [0, 0.1) is 0 Å². The maximum atomic E-state index is 9.62. The molecule has 0 spiro atoms. The molecule has 3 fully saturated rings. The fraction of sp³-hybridized carbons (Fsp3) is 0.778. The molecule has 24 heavy (non-hydrogen) atoms. The van der Waals surface area contributed by atoms with E-state index in [1.54, 1.807) is 0 Å². The van der Waals surface area contributed by atoms with Crippen LogP contribution < -0.4 is 9.80 Å². The lowest BCUT2D eigenvalue weighted by Crippen LogP contribution is -2.51. The topological polar surface area (TPSA) is 61.7 Å². The number of anilines is 2. The summed E-state index contributed by atoms with van der Waals surface area (Å²) >= 11 is 0. The Labute approximate surface area is 143 Å². The fourth-order valence-electron chi connectivity index (χ4n) is 3.82. The highest BCUT2D eigenvalue weighted by molar-refractivity contribution is 5.48. The van der Waals surface area contributed by atoms with Gasteiger partial charge in [0.2, 0.25) is 5.95 Å². The normalized spacial score (nSPS) is 26.1. The zero-order valence-electron chi connectivity index (χ0n) is 14.4. The van der Waals surface area contributed by atoms with Crippen molar-refractivity contribution in [2.45, 2.75) is 50.5 Å². The number of β-amino-alcohol motifs (C(OH)–C–C–N with tert-alkyl or cyclic N) is 1. The van der Waals surface area contributed by atoms with E-state index in [4.69, 9.17) is 14.7 Å². The maximum absolute atomic E-state index is 9.62. The van der Waals surface area contributed by atoms with Gasteiger partial charge in [0, 0.05) is 44.8 Å². The molecule has 132 valence electrons. The zero-order chi connectivity index (χ0) is 16.4. The summed E-state index contributed by atoms with van der Waals surface area (Å²) in [5, 5.41) is 9.62. The van der Waals surface area contributed by atoms with Crippen LogP contribution in [0.1, 0.15) is 50.1 Å². The number of ether oxygens (including phenoxy) is 1. The van der Waals surface area contributed by atoms with Crippen LogP contribution in [0.2, 0.25) is 0 Å². The number of hydrogen-bond donors (Lipinski definition) is 1. The Bertz CT molecular complexity index is 548. The second kappa shape index (κ2) is 7.23. The third-order valence-corrected chi connectivity index (χ3v) is 5.39. The molecule has 6 heteroatoms. The van der Waals surface area contributed by atoms with Gasteiger partial charge in [-0.15, -0.1) is 0 Å². The first-order valence-corrected chi connectivity index (χ1v) is 9.44. The predicted molar refractivity (Wildman–Crippen MR) is 93.7 cm³/mol. The second-order valence-corrected chi connectivity index (χ2v) is 7.33. The van der Waals surface area contributed by atoms with Crippen LogP contribution in [0.3, 0.4) is 0 Å². The molecule has 0 aliphatic carbocycles. The first kappa shape index (κ1) is 16.1. The quantitative estimate of drug-likeness (QED) is 0.913. The van der Waals surface area contributed by atoms with Crippen LogP contribution in [0.4, 0.5) is 11.8 Å². The van der Waals surface area contributed by atoms with Crippen molar-refractivity contribution < 1.29 is 9.84 Å². The highest BCUT2D eigenvalue weighted by Gasteiger charge is 2.29. The molecule has 3 saturated heterocycles. The molecule has 0 bridgehead atoms.